The molecule has 16 bridgehead atoms. The third-order valence-corrected chi connectivity index (χ3v) is 29.2. The van der Waals surface area contributed by atoms with Crippen LogP contribution in [0.3, 0.4) is 0 Å². The summed E-state index contributed by atoms with van der Waals surface area (Å²) in [5.41, 5.74) is 0. The van der Waals surface area contributed by atoms with Crippen LogP contribution in [-0.2, 0) is 39.3 Å². The van der Waals surface area contributed by atoms with Gasteiger partial charge in [0.15, 0.2) is 0 Å². The van der Waals surface area contributed by atoms with Crippen molar-refractivity contribution in [1.29, 1.82) is 0 Å². The Morgan fingerprint density at radius 3 is 0.495 bits per heavy atom. The molecule has 0 aromatic carbocycles. The molecule has 24 nitrogen and oxygen atoms in total. The predicted octanol–water partition coefficient (Wildman–Crippen LogP) is -2.89. The summed E-state index contributed by atoms with van der Waals surface area (Å²) in [5, 5.41) is 114. The van der Waals surface area contributed by atoms with Crippen LogP contribution in [0.15, 0.2) is 0 Å². The first-order chi connectivity index (χ1) is 44.9. The van der Waals surface area contributed by atoms with Crippen LogP contribution in [0.5, 0.6) is 0 Å². The molecule has 0 amide bonds. The molecule has 1 radical (unpaired) electrons. The van der Waals surface area contributed by atoms with E-state index in [1.807, 2.05) is 0 Å². The molecule has 36 unspecified atom stereocenters. The first-order valence-electron chi connectivity index (χ1n) is 37.9. The van der Waals surface area contributed by atoms with Gasteiger partial charge in [0.2, 0.25) is 0 Å². The van der Waals surface area contributed by atoms with Gasteiger partial charge in [-0.1, -0.05) is 77.0 Å². The van der Waals surface area contributed by atoms with Crippen molar-refractivity contribution in [3.05, 3.63) is 0 Å². The molecule has 0 aromatic rings. The molecule has 8 aliphatic carbocycles. The number of hydrogen-bond acceptors (Lipinski definition) is 24. The molecular formula is C68H108IrN16O8-4. The van der Waals surface area contributed by atoms with Gasteiger partial charge in [-0.3, -0.25) is 85.1 Å². The van der Waals surface area contributed by atoms with Gasteiger partial charge in [-0.25, -0.2) is 0 Å². The molecule has 521 valence electrons. The second-order valence-corrected chi connectivity index (χ2v) is 33.2. The van der Waals surface area contributed by atoms with E-state index in [0.29, 0.717) is 96.7 Å². The van der Waals surface area contributed by atoms with E-state index < -0.39 is 59.4 Å². The van der Waals surface area contributed by atoms with Crippen LogP contribution in [0.25, 0.3) is 0 Å². The second kappa shape index (κ2) is 27.1. The fraction of sp³-hybridized carbons (Fsp3) is 0.941. The van der Waals surface area contributed by atoms with Gasteiger partial charge in [-0.2, -0.15) is 0 Å². The SMILES string of the molecule is O=C([O-])C1CCC2C3NC4NC(NC5NC(NC6NC(NC(N3)C2C1C(=O)[O-])C1CCCCC61)C1CCCCC51)C1CCCCC41.O=C([O-])C1CCC2C3NC4NC(NC5NC(NC6NC(NC(N3)C2C1C(=O)[O-])C1CCCCC61)C1CCCCC51)C1CCCCC41.[Ir]. The number of aliphatic carboxylic acids is 4. The van der Waals surface area contributed by atoms with E-state index in [2.05, 4.69) is 85.1 Å². The summed E-state index contributed by atoms with van der Waals surface area (Å²) < 4.78 is 0. The summed E-state index contributed by atoms with van der Waals surface area (Å²) in [5.74, 6) is -3.90. The van der Waals surface area contributed by atoms with Crippen molar-refractivity contribution in [1.82, 2.24) is 85.1 Å². The fourth-order valence-electron chi connectivity index (χ4n) is 25.3. The van der Waals surface area contributed by atoms with Gasteiger partial charge in [0.1, 0.15) is 0 Å². The van der Waals surface area contributed by atoms with Crippen molar-refractivity contribution in [2.75, 3.05) is 0 Å². The minimum Gasteiger partial charge on any atom is -0.550 e. The minimum absolute atomic E-state index is 0. The normalized spacial score (nSPS) is 54.1. The molecule has 10 heterocycles. The molecule has 16 N–H and O–H groups in total. The molecule has 93 heavy (non-hydrogen) atoms. The average molecular weight is 1470 g/mol. The van der Waals surface area contributed by atoms with E-state index >= 15 is 0 Å². The first-order valence-corrected chi connectivity index (χ1v) is 37.9. The van der Waals surface area contributed by atoms with Gasteiger partial charge in [0.05, 0.1) is 98.7 Å². The van der Waals surface area contributed by atoms with Crippen molar-refractivity contribution < 1.29 is 59.7 Å². The van der Waals surface area contributed by atoms with Crippen molar-refractivity contribution in [3.63, 3.8) is 0 Å². The number of carboxylic acids is 4. The Hall–Kier alpha value is -2.11. The van der Waals surface area contributed by atoms with Crippen molar-refractivity contribution >= 4 is 23.9 Å². The molecule has 18 rings (SSSR count). The van der Waals surface area contributed by atoms with Crippen LogP contribution >= 0.6 is 0 Å². The van der Waals surface area contributed by atoms with Crippen LogP contribution < -0.4 is 105 Å². The standard InChI is InChI=1S/2C34H56N8O4.Ir/c2*43-33(44)22-14-13-21-23(24(22)34(45)46)32-41-30-20-12-6-5-11-19(20)28(39-30)37-26-16-8-2-1-7-15(16)25(35-26)36-27-17-9-3-4-10-18(17)29(38-27)40-31(21)42-32;/h2*15-32,35-42H,1-14H2,(H,43,44)(H,45,46);/p-4. The minimum atomic E-state index is -1.27. The summed E-state index contributed by atoms with van der Waals surface area (Å²) >= 11 is 0. The van der Waals surface area contributed by atoms with Crippen molar-refractivity contribution in [2.24, 2.45) is 118 Å². The quantitative estimate of drug-likeness (QED) is 0.134. The Balaban J connectivity index is 0.000000146. The maximum Gasteiger partial charge on any atom is 0.0635 e. The number of carboxylic acid groups (broad SMARTS) is 4. The third-order valence-electron chi connectivity index (χ3n) is 29.2. The van der Waals surface area contributed by atoms with Crippen LogP contribution in [0.1, 0.15) is 180 Å². The molecule has 10 aliphatic heterocycles. The first kappa shape index (κ1) is 65.5. The van der Waals surface area contributed by atoms with Gasteiger partial charge in [-0.05, 0) is 186 Å². The van der Waals surface area contributed by atoms with Gasteiger partial charge >= 0.3 is 0 Å². The van der Waals surface area contributed by atoms with Crippen LogP contribution in [0.4, 0.5) is 0 Å². The average Bonchev–Trinajstić information content (AvgIpc) is 1.64. The zero-order valence-corrected chi connectivity index (χ0v) is 56.6. The second-order valence-electron chi connectivity index (χ2n) is 33.2. The molecule has 0 aromatic heterocycles. The number of carbonyl (C=O) groups is 4. The third kappa shape index (κ3) is 11.9. The number of hydrogen-bond donors (Lipinski definition) is 16. The number of fused-ring (bicyclic) bond motifs is 40. The zero-order valence-electron chi connectivity index (χ0n) is 54.2. The van der Waals surface area contributed by atoms with Crippen molar-refractivity contribution in [3.8, 4) is 0 Å². The Morgan fingerprint density at radius 2 is 0.344 bits per heavy atom. The molecule has 25 heteroatoms. The molecule has 8 saturated carbocycles. The molecular weight excluding hydrogens is 1360 g/mol. The Bertz CT molecular complexity index is 2540. The maximum absolute atomic E-state index is 12.7. The van der Waals surface area contributed by atoms with E-state index in [0.717, 1.165) is 12.8 Å². The smallest absolute Gasteiger partial charge is 0.0635 e. The Labute approximate surface area is 562 Å². The summed E-state index contributed by atoms with van der Waals surface area (Å²) in [6, 6.07) is 0. The number of nitrogens with one attached hydrogen (secondary N) is 16. The summed E-state index contributed by atoms with van der Waals surface area (Å²) in [6.07, 6.45) is 32.4. The monoisotopic (exact) mass is 1470 g/mol. The van der Waals surface area contributed by atoms with Gasteiger partial charge in [-0.15, -0.1) is 0 Å². The van der Waals surface area contributed by atoms with E-state index in [4.69, 9.17) is 0 Å². The van der Waals surface area contributed by atoms with E-state index in [1.165, 1.54) is 141 Å². The van der Waals surface area contributed by atoms with Gasteiger partial charge < -0.3 is 39.6 Å². The number of carbonyl (C=O) groups excluding carboxylic acids is 4. The predicted molar refractivity (Wildman–Crippen MR) is 330 cm³/mol. The fourth-order valence-corrected chi connectivity index (χ4v) is 25.3. The molecule has 18 aliphatic rings. The summed E-state index contributed by atoms with van der Waals surface area (Å²) in [6.45, 7) is 0. The van der Waals surface area contributed by atoms with Crippen LogP contribution in [-0.4, -0.2) is 123 Å². The summed E-state index contributed by atoms with van der Waals surface area (Å²) in [4.78, 5) is 50.0. The molecule has 36 atom stereocenters. The van der Waals surface area contributed by atoms with E-state index in [9.17, 15) is 39.6 Å². The topological polar surface area (TPSA) is 353 Å². The van der Waals surface area contributed by atoms with E-state index in [1.54, 1.807) is 0 Å². The van der Waals surface area contributed by atoms with Crippen LogP contribution in [0, 0.1) is 118 Å². The van der Waals surface area contributed by atoms with Crippen LogP contribution in [0.2, 0.25) is 0 Å². The largest absolute Gasteiger partial charge is 0.550 e. The van der Waals surface area contributed by atoms with Crippen molar-refractivity contribution in [2.45, 2.75) is 278 Å². The molecule has 18 fully saturated rings. The molecule has 0 spiro atoms. The summed E-state index contributed by atoms with van der Waals surface area (Å²) in [7, 11) is 0. The van der Waals surface area contributed by atoms with Gasteiger partial charge in [0, 0.05) is 79.5 Å². The number of rotatable bonds is 4. The van der Waals surface area contributed by atoms with Gasteiger partial charge in [0.25, 0.3) is 0 Å². The Kier molecular flexibility index (Phi) is 19.1. The zero-order chi connectivity index (χ0) is 62.2. The molecule has 10 saturated heterocycles. The maximum atomic E-state index is 12.7. The van der Waals surface area contributed by atoms with E-state index in [-0.39, 0.29) is 131 Å². The Morgan fingerprint density at radius 1 is 0.194 bits per heavy atom.